The van der Waals surface area contributed by atoms with Gasteiger partial charge in [0.25, 0.3) is 0 Å². The summed E-state index contributed by atoms with van der Waals surface area (Å²) in [6.07, 6.45) is 2.50. The number of halogens is 2. The van der Waals surface area contributed by atoms with Crippen LogP contribution in [0, 0.1) is 11.6 Å². The number of aryl methyl sites for hydroxylation is 1. The molecule has 3 N–H and O–H groups in total. The van der Waals surface area contributed by atoms with E-state index < -0.39 is 11.6 Å². The molecule has 0 saturated heterocycles. The first-order valence-corrected chi connectivity index (χ1v) is 7.13. The number of benzene rings is 2. The van der Waals surface area contributed by atoms with Crippen LogP contribution in [0.2, 0.25) is 0 Å². The van der Waals surface area contributed by atoms with E-state index in [1.165, 1.54) is 17.7 Å². The van der Waals surface area contributed by atoms with Crippen molar-refractivity contribution in [2.75, 3.05) is 0 Å². The van der Waals surface area contributed by atoms with Gasteiger partial charge in [0.2, 0.25) is 0 Å². The van der Waals surface area contributed by atoms with Gasteiger partial charge in [-0.2, -0.15) is 0 Å². The van der Waals surface area contributed by atoms with E-state index >= 15 is 0 Å². The predicted octanol–water partition coefficient (Wildman–Crippen LogP) is 3.66. The summed E-state index contributed by atoms with van der Waals surface area (Å²) in [5.74, 6) is 4.47. The van der Waals surface area contributed by atoms with Crippen molar-refractivity contribution in [1.29, 1.82) is 0 Å². The predicted molar refractivity (Wildman–Crippen MR) is 80.6 cm³/mol. The van der Waals surface area contributed by atoms with Gasteiger partial charge in [-0.15, -0.1) is 0 Å². The zero-order valence-corrected chi connectivity index (χ0v) is 12.1. The molecule has 0 aliphatic heterocycles. The summed E-state index contributed by atoms with van der Waals surface area (Å²) in [7, 11) is 0. The van der Waals surface area contributed by atoms with Crippen molar-refractivity contribution >= 4 is 0 Å². The maximum absolute atomic E-state index is 13.7. The largest absolute Gasteiger partial charge is 0.271 e. The average molecular weight is 290 g/mol. The number of rotatable bonds is 6. The Morgan fingerprint density at radius 2 is 1.81 bits per heavy atom. The van der Waals surface area contributed by atoms with Gasteiger partial charge in [0.15, 0.2) is 0 Å². The summed E-state index contributed by atoms with van der Waals surface area (Å²) >= 11 is 0. The van der Waals surface area contributed by atoms with Crippen molar-refractivity contribution in [3.05, 3.63) is 70.8 Å². The molecule has 2 aromatic rings. The Morgan fingerprint density at radius 3 is 2.38 bits per heavy atom. The fraction of sp³-hybridized carbons (Fsp3) is 0.294. The van der Waals surface area contributed by atoms with Gasteiger partial charge in [-0.25, -0.2) is 8.78 Å². The Hall–Kier alpha value is -1.78. The van der Waals surface area contributed by atoms with Crippen LogP contribution in [0.15, 0.2) is 42.5 Å². The summed E-state index contributed by atoms with van der Waals surface area (Å²) in [6, 6.07) is 11.5. The summed E-state index contributed by atoms with van der Waals surface area (Å²) in [4.78, 5) is 0. The molecule has 0 aliphatic rings. The number of nitrogens with one attached hydrogen (secondary N) is 1. The zero-order chi connectivity index (χ0) is 15.2. The SMILES string of the molecule is CCCc1ccc(C(Cc2ccc(F)cc2F)NN)cc1. The molecule has 0 amide bonds. The van der Waals surface area contributed by atoms with Crippen molar-refractivity contribution < 1.29 is 8.78 Å². The maximum atomic E-state index is 13.7. The van der Waals surface area contributed by atoms with E-state index in [1.807, 2.05) is 12.1 Å². The number of nitrogens with two attached hydrogens (primary N) is 1. The molecule has 0 aromatic heterocycles. The van der Waals surface area contributed by atoms with E-state index in [9.17, 15) is 8.78 Å². The minimum absolute atomic E-state index is 0.208. The molecule has 112 valence electrons. The lowest BCUT2D eigenvalue weighted by atomic mass is 9.97. The first-order chi connectivity index (χ1) is 10.1. The summed E-state index contributed by atoms with van der Waals surface area (Å²) in [6.45, 7) is 2.13. The van der Waals surface area contributed by atoms with Gasteiger partial charge < -0.3 is 0 Å². The van der Waals surface area contributed by atoms with Gasteiger partial charge in [0.05, 0.1) is 6.04 Å². The van der Waals surface area contributed by atoms with Crippen molar-refractivity contribution in [3.63, 3.8) is 0 Å². The maximum Gasteiger partial charge on any atom is 0.129 e. The normalized spacial score (nSPS) is 12.4. The highest BCUT2D eigenvalue weighted by molar-refractivity contribution is 5.28. The van der Waals surface area contributed by atoms with Crippen molar-refractivity contribution in [3.8, 4) is 0 Å². The fourth-order valence-electron chi connectivity index (χ4n) is 2.39. The minimum Gasteiger partial charge on any atom is -0.271 e. The van der Waals surface area contributed by atoms with Crippen LogP contribution in [-0.4, -0.2) is 0 Å². The van der Waals surface area contributed by atoms with Crippen LogP contribution in [-0.2, 0) is 12.8 Å². The monoisotopic (exact) mass is 290 g/mol. The Bertz CT molecular complexity index is 582. The van der Waals surface area contributed by atoms with Gasteiger partial charge in [-0.05, 0) is 35.6 Å². The topological polar surface area (TPSA) is 38.0 Å². The van der Waals surface area contributed by atoms with Crippen LogP contribution >= 0.6 is 0 Å². The Labute approximate surface area is 124 Å². The molecule has 0 saturated carbocycles. The molecule has 0 aliphatic carbocycles. The van der Waals surface area contributed by atoms with Gasteiger partial charge in [-0.1, -0.05) is 43.7 Å². The second-order valence-electron chi connectivity index (χ2n) is 5.15. The quantitative estimate of drug-likeness (QED) is 0.629. The van der Waals surface area contributed by atoms with Crippen molar-refractivity contribution in [1.82, 2.24) is 5.43 Å². The van der Waals surface area contributed by atoms with E-state index in [2.05, 4.69) is 24.5 Å². The minimum atomic E-state index is -0.572. The van der Waals surface area contributed by atoms with Gasteiger partial charge in [0.1, 0.15) is 11.6 Å². The Balaban J connectivity index is 2.15. The van der Waals surface area contributed by atoms with E-state index in [0.29, 0.717) is 12.0 Å². The summed E-state index contributed by atoms with van der Waals surface area (Å²) in [5, 5.41) is 0. The lowest BCUT2D eigenvalue weighted by molar-refractivity contribution is 0.522. The molecule has 2 rings (SSSR count). The first kappa shape index (κ1) is 15.6. The molecular weight excluding hydrogens is 270 g/mol. The van der Waals surface area contributed by atoms with E-state index in [4.69, 9.17) is 5.84 Å². The van der Waals surface area contributed by atoms with Crippen molar-refractivity contribution in [2.45, 2.75) is 32.2 Å². The number of hydrogen-bond donors (Lipinski definition) is 2. The number of hydrazine groups is 1. The molecule has 0 radical (unpaired) electrons. The molecule has 4 heteroatoms. The third kappa shape index (κ3) is 4.09. The smallest absolute Gasteiger partial charge is 0.129 e. The molecule has 21 heavy (non-hydrogen) atoms. The standard InChI is InChI=1S/C17H20F2N2/c1-2-3-12-4-6-13(7-5-12)17(21-20)10-14-8-9-15(18)11-16(14)19/h4-9,11,17,21H,2-3,10,20H2,1H3. The molecule has 0 spiro atoms. The zero-order valence-electron chi connectivity index (χ0n) is 12.1. The van der Waals surface area contributed by atoms with E-state index in [-0.39, 0.29) is 6.04 Å². The van der Waals surface area contributed by atoms with E-state index in [0.717, 1.165) is 24.5 Å². The molecule has 1 unspecified atom stereocenters. The van der Waals surface area contributed by atoms with Gasteiger partial charge in [-0.3, -0.25) is 11.3 Å². The average Bonchev–Trinajstić information content (AvgIpc) is 2.48. The second kappa shape index (κ2) is 7.29. The highest BCUT2D eigenvalue weighted by Gasteiger charge is 2.13. The fourth-order valence-corrected chi connectivity index (χ4v) is 2.39. The first-order valence-electron chi connectivity index (χ1n) is 7.13. The molecule has 1 atom stereocenters. The van der Waals surface area contributed by atoms with Crippen LogP contribution in [0.5, 0.6) is 0 Å². The van der Waals surface area contributed by atoms with Gasteiger partial charge >= 0.3 is 0 Å². The molecular formula is C17H20F2N2. The Morgan fingerprint density at radius 1 is 1.10 bits per heavy atom. The second-order valence-corrected chi connectivity index (χ2v) is 5.15. The van der Waals surface area contributed by atoms with Crippen molar-refractivity contribution in [2.24, 2.45) is 5.84 Å². The van der Waals surface area contributed by atoms with E-state index in [1.54, 1.807) is 0 Å². The van der Waals surface area contributed by atoms with Crippen LogP contribution in [0.3, 0.4) is 0 Å². The van der Waals surface area contributed by atoms with Crippen LogP contribution in [0.4, 0.5) is 8.78 Å². The van der Waals surface area contributed by atoms with Crippen LogP contribution in [0.1, 0.15) is 36.1 Å². The highest BCUT2D eigenvalue weighted by atomic mass is 19.1. The summed E-state index contributed by atoms with van der Waals surface area (Å²) < 4.78 is 26.6. The molecule has 0 bridgehead atoms. The summed E-state index contributed by atoms with van der Waals surface area (Å²) in [5.41, 5.74) is 5.40. The van der Waals surface area contributed by atoms with Gasteiger partial charge in [0, 0.05) is 6.07 Å². The molecule has 2 nitrogen and oxygen atoms in total. The lowest BCUT2D eigenvalue weighted by Crippen LogP contribution is -2.29. The lowest BCUT2D eigenvalue weighted by Gasteiger charge is -2.17. The highest BCUT2D eigenvalue weighted by Crippen LogP contribution is 2.21. The third-order valence-electron chi connectivity index (χ3n) is 3.56. The number of hydrogen-bond acceptors (Lipinski definition) is 2. The van der Waals surface area contributed by atoms with Crippen LogP contribution in [0.25, 0.3) is 0 Å². The molecule has 0 fully saturated rings. The molecule has 0 heterocycles. The third-order valence-corrected chi connectivity index (χ3v) is 3.56. The Kier molecular flexibility index (Phi) is 5.42. The molecule has 2 aromatic carbocycles. The van der Waals surface area contributed by atoms with Crippen LogP contribution < -0.4 is 11.3 Å².